The molecule has 0 radical (unpaired) electrons. The zero-order valence-corrected chi connectivity index (χ0v) is 6.34. The average Bonchev–Trinajstić information content (AvgIpc) is 2.49. The fourth-order valence-corrected chi connectivity index (χ4v) is 1.18. The van der Waals surface area contributed by atoms with E-state index in [2.05, 4.69) is 16.8 Å². The van der Waals surface area contributed by atoms with Crippen LogP contribution in [-0.4, -0.2) is 10.2 Å². The van der Waals surface area contributed by atoms with Crippen LogP contribution in [0.5, 0.6) is 0 Å². The number of hydrogen-bond donors (Lipinski definition) is 1. The number of benzene rings is 1. The third-order valence-corrected chi connectivity index (χ3v) is 1.77. The summed E-state index contributed by atoms with van der Waals surface area (Å²) in [6.07, 6.45) is 1.62. The largest absolute Gasteiger partial charge is 0.277 e. The summed E-state index contributed by atoms with van der Waals surface area (Å²) < 4.78 is 13.0. The number of nitrogens with one attached hydrogen (secondary N) is 1. The summed E-state index contributed by atoms with van der Waals surface area (Å²) >= 11 is 0. The van der Waals surface area contributed by atoms with Gasteiger partial charge < -0.3 is 0 Å². The number of halogens is 1. The van der Waals surface area contributed by atoms with Crippen molar-refractivity contribution in [2.24, 2.45) is 0 Å². The summed E-state index contributed by atoms with van der Waals surface area (Å²) in [4.78, 5) is 0. The second-order valence-corrected chi connectivity index (χ2v) is 2.48. The van der Waals surface area contributed by atoms with Gasteiger partial charge in [-0.2, -0.15) is 5.10 Å². The van der Waals surface area contributed by atoms with Crippen LogP contribution in [0.1, 0.15) is 5.69 Å². The molecule has 12 heavy (non-hydrogen) atoms. The van der Waals surface area contributed by atoms with Crippen LogP contribution in [0.3, 0.4) is 0 Å². The molecule has 2 nitrogen and oxygen atoms in total. The Kier molecular flexibility index (Phi) is 1.43. The van der Waals surface area contributed by atoms with Gasteiger partial charge in [-0.15, -0.1) is 0 Å². The van der Waals surface area contributed by atoms with E-state index in [4.69, 9.17) is 0 Å². The highest BCUT2D eigenvalue weighted by atomic mass is 19.1. The molecule has 2 rings (SSSR count). The topological polar surface area (TPSA) is 28.7 Å². The second kappa shape index (κ2) is 2.44. The molecule has 0 fully saturated rings. The van der Waals surface area contributed by atoms with Crippen molar-refractivity contribution in [3.63, 3.8) is 0 Å². The number of H-pyrrole nitrogens is 1. The molecule has 0 saturated heterocycles. The molecule has 1 heterocycles. The van der Waals surface area contributed by atoms with Crippen LogP contribution in [-0.2, 0) is 0 Å². The Morgan fingerprint density at radius 3 is 3.08 bits per heavy atom. The van der Waals surface area contributed by atoms with E-state index < -0.39 is 0 Å². The first-order chi connectivity index (χ1) is 5.83. The van der Waals surface area contributed by atoms with Gasteiger partial charge in [0.1, 0.15) is 5.52 Å². The summed E-state index contributed by atoms with van der Waals surface area (Å²) in [5, 5.41) is 7.28. The highest BCUT2D eigenvalue weighted by Crippen LogP contribution is 2.18. The maximum Gasteiger partial charge on any atom is 0.151 e. The number of para-hydroxylation sites is 1. The molecule has 1 N–H and O–H groups in total. The standard InChI is InChI=1S/C9H7FN2/c1-2-8-6-4-3-5-7(10)9(6)12-11-8/h2-5H,1H2,(H,11,12). The summed E-state index contributed by atoms with van der Waals surface area (Å²) in [5.74, 6) is -0.308. The molecule has 0 atom stereocenters. The number of aromatic amines is 1. The van der Waals surface area contributed by atoms with Crippen molar-refractivity contribution in [2.45, 2.75) is 0 Å². The summed E-state index contributed by atoms with van der Waals surface area (Å²) in [6.45, 7) is 3.59. The Morgan fingerprint density at radius 2 is 2.33 bits per heavy atom. The van der Waals surface area contributed by atoms with Crippen molar-refractivity contribution in [3.8, 4) is 0 Å². The van der Waals surface area contributed by atoms with Crippen molar-refractivity contribution in [2.75, 3.05) is 0 Å². The lowest BCUT2D eigenvalue weighted by atomic mass is 10.2. The van der Waals surface area contributed by atoms with E-state index >= 15 is 0 Å². The van der Waals surface area contributed by atoms with Crippen molar-refractivity contribution in [3.05, 3.63) is 36.3 Å². The van der Waals surface area contributed by atoms with E-state index in [1.165, 1.54) is 6.07 Å². The third-order valence-electron chi connectivity index (χ3n) is 1.77. The molecule has 1 aromatic heterocycles. The molecule has 2 aromatic rings. The van der Waals surface area contributed by atoms with Gasteiger partial charge in [-0.05, 0) is 12.1 Å². The first kappa shape index (κ1) is 7.03. The van der Waals surface area contributed by atoms with E-state index in [1.807, 2.05) is 0 Å². The van der Waals surface area contributed by atoms with E-state index in [9.17, 15) is 4.39 Å². The van der Waals surface area contributed by atoms with Gasteiger partial charge in [0.05, 0.1) is 5.69 Å². The quantitative estimate of drug-likeness (QED) is 0.685. The highest BCUT2D eigenvalue weighted by molar-refractivity contribution is 5.86. The molecule has 60 valence electrons. The monoisotopic (exact) mass is 162 g/mol. The molecular formula is C9H7FN2. The van der Waals surface area contributed by atoms with Crippen molar-refractivity contribution in [1.82, 2.24) is 10.2 Å². The first-order valence-electron chi connectivity index (χ1n) is 3.58. The van der Waals surface area contributed by atoms with Crippen molar-refractivity contribution in [1.29, 1.82) is 0 Å². The van der Waals surface area contributed by atoms with Gasteiger partial charge in [-0.3, -0.25) is 5.10 Å². The third kappa shape index (κ3) is 0.830. The number of aromatic nitrogens is 2. The Hall–Kier alpha value is -1.64. The molecular weight excluding hydrogens is 155 g/mol. The normalized spacial score (nSPS) is 10.4. The fraction of sp³-hybridized carbons (Fsp3) is 0. The van der Waals surface area contributed by atoms with Gasteiger partial charge in [-0.1, -0.05) is 18.7 Å². The molecule has 0 unspecified atom stereocenters. The first-order valence-corrected chi connectivity index (χ1v) is 3.58. The molecule has 0 amide bonds. The molecule has 0 aliphatic heterocycles. The number of fused-ring (bicyclic) bond motifs is 1. The minimum atomic E-state index is -0.308. The van der Waals surface area contributed by atoms with E-state index in [1.54, 1.807) is 18.2 Å². The van der Waals surface area contributed by atoms with Crippen LogP contribution in [0.15, 0.2) is 24.8 Å². The molecule has 0 aliphatic carbocycles. The van der Waals surface area contributed by atoms with E-state index in [0.29, 0.717) is 5.52 Å². The zero-order chi connectivity index (χ0) is 8.55. The molecule has 0 bridgehead atoms. The Bertz CT molecular complexity index is 431. The maximum atomic E-state index is 13.0. The predicted molar refractivity (Wildman–Crippen MR) is 46.1 cm³/mol. The van der Waals surface area contributed by atoms with Crippen LogP contribution in [0.4, 0.5) is 4.39 Å². The van der Waals surface area contributed by atoms with Gasteiger partial charge >= 0.3 is 0 Å². The average molecular weight is 162 g/mol. The van der Waals surface area contributed by atoms with Crippen LogP contribution in [0.2, 0.25) is 0 Å². The summed E-state index contributed by atoms with van der Waals surface area (Å²) in [5.41, 5.74) is 1.12. The van der Waals surface area contributed by atoms with Crippen molar-refractivity contribution >= 4 is 17.0 Å². The number of hydrogen-bond acceptors (Lipinski definition) is 1. The maximum absolute atomic E-state index is 13.0. The minimum Gasteiger partial charge on any atom is -0.277 e. The molecule has 3 heteroatoms. The highest BCUT2D eigenvalue weighted by Gasteiger charge is 2.05. The van der Waals surface area contributed by atoms with Gasteiger partial charge in [0.2, 0.25) is 0 Å². The molecule has 1 aromatic carbocycles. The predicted octanol–water partition coefficient (Wildman–Crippen LogP) is 2.34. The second-order valence-electron chi connectivity index (χ2n) is 2.48. The van der Waals surface area contributed by atoms with Crippen LogP contribution >= 0.6 is 0 Å². The van der Waals surface area contributed by atoms with Crippen LogP contribution in [0.25, 0.3) is 17.0 Å². The minimum absolute atomic E-state index is 0.308. The van der Waals surface area contributed by atoms with Crippen molar-refractivity contribution < 1.29 is 4.39 Å². The Balaban J connectivity index is 2.88. The Morgan fingerprint density at radius 1 is 1.50 bits per heavy atom. The fourth-order valence-electron chi connectivity index (χ4n) is 1.18. The lowest BCUT2D eigenvalue weighted by molar-refractivity contribution is 0.636. The molecule has 0 spiro atoms. The lowest BCUT2D eigenvalue weighted by Gasteiger charge is -1.89. The van der Waals surface area contributed by atoms with Gasteiger partial charge in [0.15, 0.2) is 5.82 Å². The number of nitrogens with zero attached hydrogens (tertiary/aromatic N) is 1. The summed E-state index contributed by atoms with van der Waals surface area (Å²) in [6, 6.07) is 4.84. The van der Waals surface area contributed by atoms with Gasteiger partial charge in [-0.25, -0.2) is 4.39 Å². The summed E-state index contributed by atoms with van der Waals surface area (Å²) in [7, 11) is 0. The van der Waals surface area contributed by atoms with E-state index in [0.717, 1.165) is 11.1 Å². The molecule has 0 aliphatic rings. The molecule has 0 saturated carbocycles. The van der Waals surface area contributed by atoms with E-state index in [-0.39, 0.29) is 5.82 Å². The van der Waals surface area contributed by atoms with Gasteiger partial charge in [0.25, 0.3) is 0 Å². The van der Waals surface area contributed by atoms with Crippen LogP contribution < -0.4 is 0 Å². The van der Waals surface area contributed by atoms with Crippen LogP contribution in [0, 0.1) is 5.82 Å². The van der Waals surface area contributed by atoms with Gasteiger partial charge in [0, 0.05) is 5.39 Å². The number of rotatable bonds is 1. The smallest absolute Gasteiger partial charge is 0.151 e. The Labute approximate surface area is 68.7 Å². The zero-order valence-electron chi connectivity index (χ0n) is 6.34. The lowest BCUT2D eigenvalue weighted by Crippen LogP contribution is -1.75. The SMILES string of the molecule is C=Cc1[nH]nc2c(F)cccc12.